The van der Waals surface area contributed by atoms with Gasteiger partial charge in [-0.2, -0.15) is 5.10 Å². The number of urea groups is 1. The van der Waals surface area contributed by atoms with Gasteiger partial charge in [-0.25, -0.2) is 4.79 Å². The van der Waals surface area contributed by atoms with Crippen LogP contribution in [0, 0.1) is 6.92 Å². The molecule has 5 nitrogen and oxygen atoms in total. The average Bonchev–Trinajstić information content (AvgIpc) is 2.59. The van der Waals surface area contributed by atoms with Crippen LogP contribution < -0.4 is 5.32 Å². The molecule has 0 aliphatic carbocycles. The number of carbonyl (C=O) groups excluding carboxylic acids is 1. The number of nitrogens with zero attached hydrogens (tertiary/aromatic N) is 2. The smallest absolute Gasteiger partial charge is 0.317 e. The molecule has 1 aliphatic heterocycles. The van der Waals surface area contributed by atoms with E-state index in [4.69, 9.17) is 0 Å². The van der Waals surface area contributed by atoms with E-state index in [9.17, 15) is 4.79 Å². The van der Waals surface area contributed by atoms with Gasteiger partial charge in [0.2, 0.25) is 0 Å². The first-order valence-electron chi connectivity index (χ1n) is 4.71. The van der Waals surface area contributed by atoms with E-state index in [0.717, 1.165) is 24.4 Å². The van der Waals surface area contributed by atoms with Gasteiger partial charge >= 0.3 is 6.03 Å². The lowest BCUT2D eigenvalue weighted by Gasteiger charge is -2.25. The molecule has 1 aromatic rings. The summed E-state index contributed by atoms with van der Waals surface area (Å²) >= 11 is 0. The fourth-order valence-corrected chi connectivity index (χ4v) is 1.80. The molecule has 5 heteroatoms. The van der Waals surface area contributed by atoms with Crippen LogP contribution in [0.2, 0.25) is 0 Å². The lowest BCUT2D eigenvalue weighted by Crippen LogP contribution is -2.41. The molecule has 0 radical (unpaired) electrons. The van der Waals surface area contributed by atoms with Gasteiger partial charge in [-0.15, -0.1) is 0 Å². The van der Waals surface area contributed by atoms with Crippen molar-refractivity contribution in [1.29, 1.82) is 0 Å². The number of H-pyrrole nitrogens is 1. The summed E-state index contributed by atoms with van der Waals surface area (Å²) in [5.41, 5.74) is 3.39. The summed E-state index contributed by atoms with van der Waals surface area (Å²) in [6.07, 6.45) is 0.894. The third-order valence-corrected chi connectivity index (χ3v) is 2.63. The minimum atomic E-state index is -0.0312. The fourth-order valence-electron chi connectivity index (χ4n) is 1.80. The van der Waals surface area contributed by atoms with Gasteiger partial charge in [-0.05, 0) is 18.9 Å². The number of fused-ring (bicyclic) bond motifs is 1. The highest BCUT2D eigenvalue weighted by Crippen LogP contribution is 2.18. The number of nitrogens with one attached hydrogen (secondary N) is 2. The zero-order valence-corrected chi connectivity index (χ0v) is 8.42. The van der Waals surface area contributed by atoms with Gasteiger partial charge < -0.3 is 10.2 Å². The maximum atomic E-state index is 11.4. The minimum absolute atomic E-state index is 0.0312. The van der Waals surface area contributed by atoms with Crippen molar-refractivity contribution in [1.82, 2.24) is 20.4 Å². The second-order valence-corrected chi connectivity index (χ2v) is 3.50. The standard InChI is InChI=1S/C9H14N4O/c1-6-7-3-4-13(9(14)10-2)5-8(7)12-11-6/h3-5H2,1-2H3,(H,10,14)(H,11,12). The number of hydrogen-bond acceptors (Lipinski definition) is 2. The van der Waals surface area contributed by atoms with Gasteiger partial charge in [-0.1, -0.05) is 0 Å². The van der Waals surface area contributed by atoms with E-state index in [1.165, 1.54) is 5.56 Å². The molecule has 2 heterocycles. The van der Waals surface area contributed by atoms with Crippen LogP contribution in [0.15, 0.2) is 0 Å². The van der Waals surface area contributed by atoms with Crippen LogP contribution in [0.5, 0.6) is 0 Å². The molecule has 0 bridgehead atoms. The van der Waals surface area contributed by atoms with Crippen LogP contribution >= 0.6 is 0 Å². The summed E-state index contributed by atoms with van der Waals surface area (Å²) in [5, 5.41) is 9.75. The van der Waals surface area contributed by atoms with Crippen LogP contribution in [0.4, 0.5) is 4.79 Å². The van der Waals surface area contributed by atoms with Crippen LogP contribution in [-0.2, 0) is 13.0 Å². The zero-order chi connectivity index (χ0) is 10.1. The van der Waals surface area contributed by atoms with E-state index in [1.807, 2.05) is 6.92 Å². The summed E-state index contributed by atoms with van der Waals surface area (Å²) in [6.45, 7) is 3.40. The summed E-state index contributed by atoms with van der Waals surface area (Å²) in [6, 6.07) is -0.0312. The van der Waals surface area contributed by atoms with Crippen molar-refractivity contribution in [3.63, 3.8) is 0 Å². The molecule has 2 rings (SSSR count). The Morgan fingerprint density at radius 3 is 3.14 bits per heavy atom. The Labute approximate surface area is 82.5 Å². The van der Waals surface area contributed by atoms with Crippen molar-refractivity contribution < 1.29 is 4.79 Å². The molecule has 14 heavy (non-hydrogen) atoms. The number of amides is 2. The molecule has 0 aromatic carbocycles. The fraction of sp³-hybridized carbons (Fsp3) is 0.556. The van der Waals surface area contributed by atoms with Gasteiger partial charge in [0.25, 0.3) is 0 Å². The third-order valence-electron chi connectivity index (χ3n) is 2.63. The Hall–Kier alpha value is -1.52. The second kappa shape index (κ2) is 3.32. The molecule has 2 N–H and O–H groups in total. The minimum Gasteiger partial charge on any atom is -0.341 e. The van der Waals surface area contributed by atoms with Crippen molar-refractivity contribution in [2.45, 2.75) is 19.9 Å². The Morgan fingerprint density at radius 1 is 1.64 bits per heavy atom. The number of hydrogen-bond donors (Lipinski definition) is 2. The van der Waals surface area contributed by atoms with E-state index >= 15 is 0 Å². The largest absolute Gasteiger partial charge is 0.341 e. The Morgan fingerprint density at radius 2 is 2.43 bits per heavy atom. The molecule has 0 unspecified atom stereocenters. The molecule has 0 saturated heterocycles. The Balaban J connectivity index is 2.18. The zero-order valence-electron chi connectivity index (χ0n) is 8.42. The lowest BCUT2D eigenvalue weighted by molar-refractivity contribution is 0.194. The molecule has 0 saturated carbocycles. The monoisotopic (exact) mass is 194 g/mol. The van der Waals surface area contributed by atoms with Crippen molar-refractivity contribution in [3.05, 3.63) is 17.0 Å². The first kappa shape index (κ1) is 9.05. The summed E-state index contributed by atoms with van der Waals surface area (Å²) in [5.74, 6) is 0. The van der Waals surface area contributed by atoms with E-state index in [0.29, 0.717) is 6.54 Å². The van der Waals surface area contributed by atoms with Gasteiger partial charge in [0.05, 0.1) is 12.2 Å². The van der Waals surface area contributed by atoms with Crippen molar-refractivity contribution in [2.24, 2.45) is 0 Å². The predicted molar refractivity (Wildman–Crippen MR) is 51.9 cm³/mol. The maximum Gasteiger partial charge on any atom is 0.317 e. The highest BCUT2D eigenvalue weighted by molar-refractivity contribution is 5.74. The Bertz CT molecular complexity index is 358. The highest BCUT2D eigenvalue weighted by atomic mass is 16.2. The molecule has 1 aromatic heterocycles. The molecule has 0 spiro atoms. The SMILES string of the molecule is CNC(=O)N1CCc2c(n[nH]c2C)C1. The Kier molecular flexibility index (Phi) is 2.15. The first-order valence-corrected chi connectivity index (χ1v) is 4.71. The number of rotatable bonds is 0. The molecule has 1 aliphatic rings. The molecular weight excluding hydrogens is 180 g/mol. The van der Waals surface area contributed by atoms with Gasteiger partial charge in [-0.3, -0.25) is 5.10 Å². The molecular formula is C9H14N4O. The summed E-state index contributed by atoms with van der Waals surface area (Å²) in [4.78, 5) is 13.1. The second-order valence-electron chi connectivity index (χ2n) is 3.50. The van der Waals surface area contributed by atoms with Crippen LogP contribution in [0.25, 0.3) is 0 Å². The topological polar surface area (TPSA) is 61.0 Å². The summed E-state index contributed by atoms with van der Waals surface area (Å²) < 4.78 is 0. The molecule has 0 fully saturated rings. The molecule has 2 amide bonds. The van der Waals surface area contributed by atoms with Gasteiger partial charge in [0.15, 0.2) is 0 Å². The molecule has 0 atom stereocenters. The predicted octanol–water partition coefficient (Wildman–Crippen LogP) is 0.416. The lowest BCUT2D eigenvalue weighted by atomic mass is 10.1. The van der Waals surface area contributed by atoms with Crippen LogP contribution in [0.1, 0.15) is 17.0 Å². The van der Waals surface area contributed by atoms with E-state index < -0.39 is 0 Å². The van der Waals surface area contributed by atoms with Crippen LogP contribution in [-0.4, -0.2) is 34.7 Å². The highest BCUT2D eigenvalue weighted by Gasteiger charge is 2.22. The first-order chi connectivity index (χ1) is 6.72. The van der Waals surface area contributed by atoms with Gasteiger partial charge in [0.1, 0.15) is 0 Å². The van der Waals surface area contributed by atoms with E-state index in [1.54, 1.807) is 11.9 Å². The number of aryl methyl sites for hydroxylation is 1. The van der Waals surface area contributed by atoms with Crippen molar-refractivity contribution in [2.75, 3.05) is 13.6 Å². The normalized spacial score (nSPS) is 15.1. The van der Waals surface area contributed by atoms with Gasteiger partial charge in [0, 0.05) is 19.3 Å². The van der Waals surface area contributed by atoms with Crippen molar-refractivity contribution >= 4 is 6.03 Å². The third kappa shape index (κ3) is 1.34. The summed E-state index contributed by atoms with van der Waals surface area (Å²) in [7, 11) is 1.65. The number of aromatic nitrogens is 2. The number of aromatic amines is 1. The molecule has 76 valence electrons. The van der Waals surface area contributed by atoms with Crippen LogP contribution in [0.3, 0.4) is 0 Å². The average molecular weight is 194 g/mol. The van der Waals surface area contributed by atoms with E-state index in [2.05, 4.69) is 15.5 Å². The van der Waals surface area contributed by atoms with Crippen molar-refractivity contribution in [3.8, 4) is 0 Å². The van der Waals surface area contributed by atoms with E-state index in [-0.39, 0.29) is 6.03 Å². The number of carbonyl (C=O) groups is 1. The maximum absolute atomic E-state index is 11.4. The quantitative estimate of drug-likeness (QED) is 0.628.